The highest BCUT2D eigenvalue weighted by atomic mass is 16.6. The van der Waals surface area contributed by atoms with Crippen LogP contribution in [0.1, 0.15) is 32.1 Å². The van der Waals surface area contributed by atoms with E-state index in [0.29, 0.717) is 18.6 Å². The summed E-state index contributed by atoms with van der Waals surface area (Å²) in [6, 6.07) is 8.72. The molecule has 0 heterocycles. The Balaban J connectivity index is 1.97. The standard InChI is InChI=1S/C14H17NO4/c16-12(17)10-14(8-4-5-9-14)15-13(18)19-11-6-2-1-3-7-11/h1-3,6-7H,4-5,8-10H2,(H,15,18)(H,16,17). The number of hydrogen-bond acceptors (Lipinski definition) is 3. The Morgan fingerprint density at radius 1 is 1.21 bits per heavy atom. The van der Waals surface area contributed by atoms with Crippen molar-refractivity contribution in [3.8, 4) is 5.75 Å². The third kappa shape index (κ3) is 3.71. The van der Waals surface area contributed by atoms with Gasteiger partial charge in [-0.05, 0) is 25.0 Å². The van der Waals surface area contributed by atoms with Crippen LogP contribution in [-0.4, -0.2) is 22.7 Å². The molecule has 1 saturated carbocycles. The highest BCUT2D eigenvalue weighted by molar-refractivity contribution is 5.74. The minimum Gasteiger partial charge on any atom is -0.481 e. The maximum absolute atomic E-state index is 11.8. The van der Waals surface area contributed by atoms with Gasteiger partial charge < -0.3 is 15.2 Å². The van der Waals surface area contributed by atoms with Gasteiger partial charge in [-0.1, -0.05) is 31.0 Å². The fraction of sp³-hybridized carbons (Fsp3) is 0.429. The van der Waals surface area contributed by atoms with Crippen molar-refractivity contribution in [1.29, 1.82) is 0 Å². The quantitative estimate of drug-likeness (QED) is 0.875. The maximum Gasteiger partial charge on any atom is 0.413 e. The number of benzene rings is 1. The van der Waals surface area contributed by atoms with Crippen LogP contribution in [0.25, 0.3) is 0 Å². The third-order valence-corrected chi connectivity index (χ3v) is 3.37. The Labute approximate surface area is 111 Å². The molecule has 0 unspecified atom stereocenters. The van der Waals surface area contributed by atoms with Crippen molar-refractivity contribution in [3.05, 3.63) is 30.3 Å². The van der Waals surface area contributed by atoms with E-state index in [4.69, 9.17) is 9.84 Å². The Bertz CT molecular complexity index is 452. The van der Waals surface area contributed by atoms with Crippen molar-refractivity contribution >= 4 is 12.1 Å². The van der Waals surface area contributed by atoms with Gasteiger partial charge in [-0.3, -0.25) is 4.79 Å². The average molecular weight is 263 g/mol. The molecule has 19 heavy (non-hydrogen) atoms. The SMILES string of the molecule is O=C(O)CC1(NC(=O)Oc2ccccc2)CCCC1. The molecule has 1 aromatic rings. The van der Waals surface area contributed by atoms with E-state index in [9.17, 15) is 9.59 Å². The number of aliphatic carboxylic acids is 1. The molecule has 2 rings (SSSR count). The predicted octanol–water partition coefficient (Wildman–Crippen LogP) is 2.56. The van der Waals surface area contributed by atoms with Crippen molar-refractivity contribution in [2.75, 3.05) is 0 Å². The minimum atomic E-state index is -0.901. The number of rotatable bonds is 4. The van der Waals surface area contributed by atoms with Gasteiger partial charge in [0, 0.05) is 0 Å². The molecule has 1 fully saturated rings. The van der Waals surface area contributed by atoms with E-state index >= 15 is 0 Å². The van der Waals surface area contributed by atoms with Crippen molar-refractivity contribution in [2.24, 2.45) is 0 Å². The van der Waals surface area contributed by atoms with Gasteiger partial charge in [-0.2, -0.15) is 0 Å². The van der Waals surface area contributed by atoms with Crippen molar-refractivity contribution < 1.29 is 19.4 Å². The molecule has 102 valence electrons. The fourth-order valence-electron chi connectivity index (χ4n) is 2.52. The van der Waals surface area contributed by atoms with Gasteiger partial charge in [0.2, 0.25) is 0 Å². The third-order valence-electron chi connectivity index (χ3n) is 3.37. The highest BCUT2D eigenvalue weighted by Crippen LogP contribution is 2.32. The second kappa shape index (κ2) is 5.73. The molecule has 1 aliphatic carbocycles. The summed E-state index contributed by atoms with van der Waals surface area (Å²) in [5.74, 6) is -0.453. The van der Waals surface area contributed by atoms with Gasteiger partial charge in [0.15, 0.2) is 0 Å². The molecule has 0 spiro atoms. The second-order valence-corrected chi connectivity index (χ2v) is 4.89. The molecule has 1 amide bonds. The Kier molecular flexibility index (Phi) is 4.04. The molecule has 1 aromatic carbocycles. The first-order valence-electron chi connectivity index (χ1n) is 6.37. The lowest BCUT2D eigenvalue weighted by Crippen LogP contribution is -2.48. The van der Waals surface area contributed by atoms with E-state index in [2.05, 4.69) is 5.32 Å². The number of ether oxygens (including phenoxy) is 1. The van der Waals surface area contributed by atoms with Gasteiger partial charge in [0.25, 0.3) is 0 Å². The number of para-hydroxylation sites is 1. The second-order valence-electron chi connectivity index (χ2n) is 4.89. The number of carbonyl (C=O) groups is 2. The molecule has 0 radical (unpaired) electrons. The van der Waals surface area contributed by atoms with Crippen molar-refractivity contribution in [2.45, 2.75) is 37.6 Å². The summed E-state index contributed by atoms with van der Waals surface area (Å²) in [6.45, 7) is 0. The van der Waals surface area contributed by atoms with Gasteiger partial charge in [-0.25, -0.2) is 4.79 Å². The van der Waals surface area contributed by atoms with E-state index in [0.717, 1.165) is 12.8 Å². The average Bonchev–Trinajstić information content (AvgIpc) is 2.77. The molecule has 0 aromatic heterocycles. The fourth-order valence-corrected chi connectivity index (χ4v) is 2.52. The number of nitrogens with one attached hydrogen (secondary N) is 1. The summed E-state index contributed by atoms with van der Waals surface area (Å²) in [7, 11) is 0. The Hall–Kier alpha value is -2.04. The van der Waals surface area contributed by atoms with E-state index in [1.54, 1.807) is 24.3 Å². The van der Waals surface area contributed by atoms with E-state index in [1.165, 1.54) is 0 Å². The molecule has 0 aliphatic heterocycles. The molecule has 5 nitrogen and oxygen atoms in total. The number of carboxylic acids is 1. The summed E-state index contributed by atoms with van der Waals surface area (Å²) in [5, 5.41) is 11.7. The van der Waals surface area contributed by atoms with E-state index < -0.39 is 17.6 Å². The van der Waals surface area contributed by atoms with Gasteiger partial charge in [0.05, 0.1) is 12.0 Å². The zero-order valence-corrected chi connectivity index (χ0v) is 10.6. The summed E-state index contributed by atoms with van der Waals surface area (Å²) >= 11 is 0. The van der Waals surface area contributed by atoms with Crippen LogP contribution >= 0.6 is 0 Å². The Morgan fingerprint density at radius 2 is 1.84 bits per heavy atom. The topological polar surface area (TPSA) is 75.6 Å². The molecule has 0 bridgehead atoms. The molecule has 2 N–H and O–H groups in total. The number of hydrogen-bond donors (Lipinski definition) is 2. The Morgan fingerprint density at radius 3 is 2.42 bits per heavy atom. The van der Waals surface area contributed by atoms with Gasteiger partial charge >= 0.3 is 12.1 Å². The lowest BCUT2D eigenvalue weighted by atomic mass is 9.93. The summed E-state index contributed by atoms with van der Waals surface area (Å²) in [6.07, 6.45) is 2.58. The number of carboxylic acid groups (broad SMARTS) is 1. The zero-order chi connectivity index (χ0) is 13.7. The van der Waals surface area contributed by atoms with Crippen LogP contribution < -0.4 is 10.1 Å². The molecule has 5 heteroatoms. The van der Waals surface area contributed by atoms with Gasteiger partial charge in [-0.15, -0.1) is 0 Å². The van der Waals surface area contributed by atoms with Crippen molar-refractivity contribution in [3.63, 3.8) is 0 Å². The smallest absolute Gasteiger partial charge is 0.413 e. The first-order chi connectivity index (χ1) is 9.10. The lowest BCUT2D eigenvalue weighted by molar-refractivity contribution is -0.138. The first kappa shape index (κ1) is 13.4. The van der Waals surface area contributed by atoms with Crippen LogP contribution in [0.2, 0.25) is 0 Å². The minimum absolute atomic E-state index is 0.0586. The highest BCUT2D eigenvalue weighted by Gasteiger charge is 2.38. The molecule has 0 saturated heterocycles. The normalized spacial score (nSPS) is 16.8. The maximum atomic E-state index is 11.8. The first-order valence-corrected chi connectivity index (χ1v) is 6.37. The monoisotopic (exact) mass is 263 g/mol. The predicted molar refractivity (Wildman–Crippen MR) is 69.1 cm³/mol. The van der Waals surface area contributed by atoms with Gasteiger partial charge in [0.1, 0.15) is 5.75 Å². The van der Waals surface area contributed by atoms with Crippen LogP contribution in [0.5, 0.6) is 5.75 Å². The number of carbonyl (C=O) groups excluding carboxylic acids is 1. The largest absolute Gasteiger partial charge is 0.481 e. The van der Waals surface area contributed by atoms with Crippen LogP contribution in [0.4, 0.5) is 4.79 Å². The summed E-state index contributed by atoms with van der Waals surface area (Å²) in [5.41, 5.74) is -0.655. The molecule has 1 aliphatic rings. The summed E-state index contributed by atoms with van der Waals surface area (Å²) < 4.78 is 5.14. The molecular formula is C14H17NO4. The molecule has 0 atom stereocenters. The van der Waals surface area contributed by atoms with Crippen LogP contribution in [0, 0.1) is 0 Å². The van der Waals surface area contributed by atoms with Crippen LogP contribution in [0.15, 0.2) is 30.3 Å². The van der Waals surface area contributed by atoms with E-state index in [-0.39, 0.29) is 6.42 Å². The van der Waals surface area contributed by atoms with Crippen LogP contribution in [0.3, 0.4) is 0 Å². The van der Waals surface area contributed by atoms with Crippen LogP contribution in [-0.2, 0) is 4.79 Å². The number of amides is 1. The lowest BCUT2D eigenvalue weighted by Gasteiger charge is -2.27. The zero-order valence-electron chi connectivity index (χ0n) is 10.6. The molecular weight excluding hydrogens is 246 g/mol. The van der Waals surface area contributed by atoms with Crippen molar-refractivity contribution in [1.82, 2.24) is 5.32 Å². The summed E-state index contributed by atoms with van der Waals surface area (Å²) in [4.78, 5) is 22.7. The van der Waals surface area contributed by atoms with E-state index in [1.807, 2.05) is 6.07 Å².